The molecule has 5 aromatic rings. The lowest BCUT2D eigenvalue weighted by atomic mass is 9.80. The van der Waals surface area contributed by atoms with Crippen LogP contribution in [-0.4, -0.2) is 4.98 Å². The van der Waals surface area contributed by atoms with Crippen LogP contribution in [0.2, 0.25) is 0 Å². The fourth-order valence-electron chi connectivity index (χ4n) is 4.66. The van der Waals surface area contributed by atoms with Gasteiger partial charge >= 0.3 is 0 Å². The minimum Gasteiger partial charge on any atom is -0.456 e. The number of benzene rings is 3. The zero-order valence-electron chi connectivity index (χ0n) is 14.7. The molecule has 0 unspecified atom stereocenters. The molecule has 0 radical (unpaired) electrons. The summed E-state index contributed by atoms with van der Waals surface area (Å²) in [5.74, 6) is 0. The van der Waals surface area contributed by atoms with E-state index in [2.05, 4.69) is 73.4 Å². The number of nitrogens with zero attached hydrogens (tertiary/aromatic N) is 1. The van der Waals surface area contributed by atoms with Crippen LogP contribution in [0.1, 0.15) is 25.0 Å². The number of hydrogen-bond acceptors (Lipinski definition) is 2. The summed E-state index contributed by atoms with van der Waals surface area (Å²) in [6, 6.07) is 21.4. The van der Waals surface area contributed by atoms with E-state index >= 15 is 0 Å². The highest BCUT2D eigenvalue weighted by molar-refractivity contribution is 6.14. The van der Waals surface area contributed by atoms with E-state index in [1.165, 1.54) is 38.2 Å². The van der Waals surface area contributed by atoms with Crippen molar-refractivity contribution in [1.29, 1.82) is 0 Å². The van der Waals surface area contributed by atoms with Gasteiger partial charge in [0.2, 0.25) is 0 Å². The minimum atomic E-state index is -0.0963. The van der Waals surface area contributed by atoms with Crippen LogP contribution in [0.5, 0.6) is 0 Å². The standard InChI is InChI=1S/C24H17NO/c1-24(2)18-8-5-11-25-23(18)16-9-10-19-21(22(16)24)17-12-14-6-3-4-7-15(14)13-20(17)26-19/h3-13H,1-2H3. The van der Waals surface area contributed by atoms with Gasteiger partial charge in [-0.15, -0.1) is 0 Å². The largest absolute Gasteiger partial charge is 0.456 e. The van der Waals surface area contributed by atoms with E-state index < -0.39 is 0 Å². The quantitative estimate of drug-likeness (QED) is 0.325. The topological polar surface area (TPSA) is 26.0 Å². The van der Waals surface area contributed by atoms with Crippen LogP contribution in [0.25, 0.3) is 44.0 Å². The molecule has 124 valence electrons. The van der Waals surface area contributed by atoms with Crippen molar-refractivity contribution in [3.05, 3.63) is 78.0 Å². The van der Waals surface area contributed by atoms with E-state index in [1.807, 2.05) is 12.3 Å². The number of fused-ring (bicyclic) bond motifs is 8. The first kappa shape index (κ1) is 14.1. The van der Waals surface area contributed by atoms with Gasteiger partial charge in [-0.1, -0.05) is 44.2 Å². The van der Waals surface area contributed by atoms with Crippen molar-refractivity contribution >= 4 is 32.7 Å². The molecule has 0 atom stereocenters. The van der Waals surface area contributed by atoms with Crippen LogP contribution in [0.4, 0.5) is 0 Å². The Labute approximate surface area is 151 Å². The molecule has 0 aliphatic heterocycles. The van der Waals surface area contributed by atoms with Crippen LogP contribution >= 0.6 is 0 Å². The van der Waals surface area contributed by atoms with Crippen molar-refractivity contribution in [2.45, 2.75) is 19.3 Å². The molecule has 0 N–H and O–H groups in total. The first-order chi connectivity index (χ1) is 12.6. The summed E-state index contributed by atoms with van der Waals surface area (Å²) in [5, 5.41) is 4.87. The number of pyridine rings is 1. The fourth-order valence-corrected chi connectivity index (χ4v) is 4.66. The molecule has 3 aromatic carbocycles. The van der Waals surface area contributed by atoms with Gasteiger partial charge in [-0.3, -0.25) is 4.98 Å². The molecule has 0 bridgehead atoms. The lowest BCUT2D eigenvalue weighted by molar-refractivity contribution is 0.656. The molecule has 6 rings (SSSR count). The van der Waals surface area contributed by atoms with Gasteiger partial charge < -0.3 is 4.42 Å². The highest BCUT2D eigenvalue weighted by Gasteiger charge is 2.38. The molecule has 1 aliphatic rings. The summed E-state index contributed by atoms with van der Waals surface area (Å²) < 4.78 is 6.26. The van der Waals surface area contributed by atoms with Gasteiger partial charge in [-0.05, 0) is 52.2 Å². The zero-order chi connectivity index (χ0) is 17.5. The predicted octanol–water partition coefficient (Wildman–Crippen LogP) is 6.44. The predicted molar refractivity (Wildman–Crippen MR) is 107 cm³/mol. The lowest BCUT2D eigenvalue weighted by Crippen LogP contribution is -2.15. The number of hydrogen-bond donors (Lipinski definition) is 0. The lowest BCUT2D eigenvalue weighted by Gasteiger charge is -2.21. The van der Waals surface area contributed by atoms with Gasteiger partial charge in [0, 0.05) is 27.9 Å². The van der Waals surface area contributed by atoms with Crippen LogP contribution in [0.3, 0.4) is 0 Å². The SMILES string of the molecule is CC1(C)c2cccnc2-c2ccc3oc4cc5ccccc5cc4c3c21. The van der Waals surface area contributed by atoms with E-state index in [-0.39, 0.29) is 5.41 Å². The molecule has 1 aliphatic carbocycles. The third-order valence-electron chi connectivity index (χ3n) is 5.87. The number of rotatable bonds is 0. The maximum Gasteiger partial charge on any atom is 0.136 e. The van der Waals surface area contributed by atoms with Crippen molar-refractivity contribution < 1.29 is 4.42 Å². The number of aromatic nitrogens is 1. The smallest absolute Gasteiger partial charge is 0.136 e. The third-order valence-corrected chi connectivity index (χ3v) is 5.87. The van der Waals surface area contributed by atoms with Crippen molar-refractivity contribution in [1.82, 2.24) is 4.98 Å². The molecule has 2 heterocycles. The molecular weight excluding hydrogens is 318 g/mol. The average Bonchev–Trinajstić information content (AvgIpc) is 3.12. The fraction of sp³-hybridized carbons (Fsp3) is 0.125. The molecule has 0 saturated heterocycles. The third kappa shape index (κ3) is 1.60. The first-order valence-electron chi connectivity index (χ1n) is 8.99. The van der Waals surface area contributed by atoms with Gasteiger partial charge in [0.1, 0.15) is 11.2 Å². The number of furan rings is 1. The van der Waals surface area contributed by atoms with Crippen molar-refractivity contribution in [3.8, 4) is 11.3 Å². The Bertz CT molecular complexity index is 1360. The molecule has 0 spiro atoms. The van der Waals surface area contributed by atoms with Gasteiger partial charge in [-0.25, -0.2) is 0 Å². The van der Waals surface area contributed by atoms with Gasteiger partial charge in [0.15, 0.2) is 0 Å². The van der Waals surface area contributed by atoms with Gasteiger partial charge in [0.05, 0.1) is 5.69 Å². The molecule has 2 aromatic heterocycles. The van der Waals surface area contributed by atoms with Crippen LogP contribution in [0, 0.1) is 0 Å². The van der Waals surface area contributed by atoms with Gasteiger partial charge in [-0.2, -0.15) is 0 Å². The highest BCUT2D eigenvalue weighted by atomic mass is 16.3. The van der Waals surface area contributed by atoms with Crippen molar-refractivity contribution in [3.63, 3.8) is 0 Å². The van der Waals surface area contributed by atoms with E-state index in [0.29, 0.717) is 0 Å². The first-order valence-corrected chi connectivity index (χ1v) is 8.99. The molecular formula is C24H17NO. The summed E-state index contributed by atoms with van der Waals surface area (Å²) in [7, 11) is 0. The highest BCUT2D eigenvalue weighted by Crippen LogP contribution is 2.52. The molecule has 26 heavy (non-hydrogen) atoms. The van der Waals surface area contributed by atoms with E-state index in [4.69, 9.17) is 4.42 Å². The van der Waals surface area contributed by atoms with E-state index in [0.717, 1.165) is 16.9 Å². The molecule has 0 saturated carbocycles. The second kappa shape index (κ2) is 4.53. The molecule has 2 heteroatoms. The summed E-state index contributed by atoms with van der Waals surface area (Å²) in [6.07, 6.45) is 1.88. The Balaban J connectivity index is 1.83. The summed E-state index contributed by atoms with van der Waals surface area (Å²) in [6.45, 7) is 4.58. The second-order valence-corrected chi connectivity index (χ2v) is 7.68. The maximum atomic E-state index is 6.26. The Hall–Kier alpha value is -3.13. The Morgan fingerprint density at radius 2 is 1.65 bits per heavy atom. The zero-order valence-corrected chi connectivity index (χ0v) is 14.7. The molecule has 0 fully saturated rings. The van der Waals surface area contributed by atoms with Crippen LogP contribution in [0.15, 0.2) is 71.3 Å². The monoisotopic (exact) mass is 335 g/mol. The average molecular weight is 335 g/mol. The Morgan fingerprint density at radius 1 is 0.846 bits per heavy atom. The molecule has 2 nitrogen and oxygen atoms in total. The minimum absolute atomic E-state index is 0.0963. The second-order valence-electron chi connectivity index (χ2n) is 7.68. The Morgan fingerprint density at radius 3 is 2.50 bits per heavy atom. The van der Waals surface area contributed by atoms with Crippen LogP contribution in [-0.2, 0) is 5.41 Å². The van der Waals surface area contributed by atoms with Gasteiger partial charge in [0.25, 0.3) is 0 Å². The Kier molecular flexibility index (Phi) is 2.45. The molecule has 0 amide bonds. The summed E-state index contributed by atoms with van der Waals surface area (Å²) in [4.78, 5) is 4.69. The van der Waals surface area contributed by atoms with Crippen molar-refractivity contribution in [2.24, 2.45) is 0 Å². The van der Waals surface area contributed by atoms with Crippen molar-refractivity contribution in [2.75, 3.05) is 0 Å². The normalized spacial score (nSPS) is 14.8. The van der Waals surface area contributed by atoms with E-state index in [9.17, 15) is 0 Å². The van der Waals surface area contributed by atoms with Crippen LogP contribution < -0.4 is 0 Å². The summed E-state index contributed by atoms with van der Waals surface area (Å²) in [5.41, 5.74) is 6.76. The van der Waals surface area contributed by atoms with E-state index in [1.54, 1.807) is 0 Å². The maximum absolute atomic E-state index is 6.26. The summed E-state index contributed by atoms with van der Waals surface area (Å²) >= 11 is 0.